The van der Waals surface area contributed by atoms with Crippen molar-refractivity contribution in [2.45, 2.75) is 32.8 Å². The highest BCUT2D eigenvalue weighted by molar-refractivity contribution is 7.10. The Hall–Kier alpha value is -2.52. The summed E-state index contributed by atoms with van der Waals surface area (Å²) < 4.78 is 14.2. The lowest BCUT2D eigenvalue weighted by Crippen LogP contribution is -2.42. The van der Waals surface area contributed by atoms with Crippen LogP contribution in [-0.2, 0) is 22.6 Å². The number of anilines is 1. The number of carbonyl (C=O) groups is 2. The lowest BCUT2D eigenvalue weighted by atomic mass is 9.94. The van der Waals surface area contributed by atoms with Crippen molar-refractivity contribution in [3.05, 3.63) is 34.4 Å². The van der Waals surface area contributed by atoms with Crippen LogP contribution in [0.1, 0.15) is 39.9 Å². The number of carbonyl (C=O) groups excluding carboxylic acids is 2. The van der Waals surface area contributed by atoms with Crippen molar-refractivity contribution in [3.8, 4) is 6.01 Å². The Bertz CT molecular complexity index is 952. The first kappa shape index (κ1) is 20.7. The van der Waals surface area contributed by atoms with Gasteiger partial charge in [-0.25, -0.2) is 4.79 Å². The molecule has 8 nitrogen and oxygen atoms in total. The van der Waals surface area contributed by atoms with Gasteiger partial charge < -0.3 is 14.4 Å². The maximum Gasteiger partial charge on any atom is 0.338 e. The van der Waals surface area contributed by atoms with Crippen LogP contribution in [0, 0.1) is 12.8 Å². The van der Waals surface area contributed by atoms with Gasteiger partial charge in [0, 0.05) is 36.6 Å². The number of hydrogen-bond donors (Lipinski definition) is 0. The summed E-state index contributed by atoms with van der Waals surface area (Å²) in [6, 6.07) is 4.22. The highest BCUT2D eigenvalue weighted by Crippen LogP contribution is 2.28. The van der Waals surface area contributed by atoms with Crippen molar-refractivity contribution in [2.24, 2.45) is 5.92 Å². The number of methoxy groups -OCH3 is 1. The molecule has 0 unspecified atom stereocenters. The molecule has 2 aromatic rings. The monoisotopic (exact) mass is 430 g/mol. The minimum Gasteiger partial charge on any atom is -0.466 e. The second-order valence-electron chi connectivity index (χ2n) is 7.78. The van der Waals surface area contributed by atoms with E-state index in [9.17, 15) is 9.59 Å². The third-order valence-corrected chi connectivity index (χ3v) is 6.89. The fraction of sp³-hybridized carbons (Fsp3) is 0.524. The zero-order valence-electron chi connectivity index (χ0n) is 17.5. The van der Waals surface area contributed by atoms with Crippen LogP contribution in [0.5, 0.6) is 6.01 Å². The van der Waals surface area contributed by atoms with Gasteiger partial charge in [-0.3, -0.25) is 9.69 Å². The molecule has 2 aliphatic rings. The number of hydrogen-bond acceptors (Lipinski definition) is 8. The van der Waals surface area contributed by atoms with E-state index in [1.54, 1.807) is 11.9 Å². The molecular weight excluding hydrogens is 404 g/mol. The number of cyclic esters (lactones) is 1. The summed E-state index contributed by atoms with van der Waals surface area (Å²) in [5, 5.41) is 0.564. The molecule has 9 heteroatoms. The van der Waals surface area contributed by atoms with Crippen LogP contribution in [0.3, 0.4) is 0 Å². The van der Waals surface area contributed by atoms with Gasteiger partial charge in [0.25, 0.3) is 0 Å². The average molecular weight is 431 g/mol. The van der Waals surface area contributed by atoms with E-state index in [0.717, 1.165) is 50.0 Å². The first-order valence-corrected chi connectivity index (χ1v) is 10.9. The van der Waals surface area contributed by atoms with Gasteiger partial charge in [-0.05, 0) is 56.5 Å². The average Bonchev–Trinajstić information content (AvgIpc) is 3.40. The van der Waals surface area contributed by atoms with Gasteiger partial charge in [0.15, 0.2) is 0 Å². The Morgan fingerprint density at radius 1 is 1.37 bits per heavy atom. The van der Waals surface area contributed by atoms with Crippen LogP contribution in [0.15, 0.2) is 12.1 Å². The summed E-state index contributed by atoms with van der Waals surface area (Å²) >= 11 is 1.17. The molecule has 2 aliphatic heterocycles. The SMILES string of the molecule is COc1nsc(N(C)C(=O)C2CCN(CCc3ccc4c(c3C)COC4=O)CC2)n1. The number of esters is 1. The molecule has 1 fully saturated rings. The Kier molecular flexibility index (Phi) is 6.01. The molecule has 4 rings (SSSR count). The molecule has 30 heavy (non-hydrogen) atoms. The van der Waals surface area contributed by atoms with Crippen molar-refractivity contribution in [1.82, 2.24) is 14.3 Å². The molecule has 0 N–H and O–H groups in total. The van der Waals surface area contributed by atoms with Gasteiger partial charge in [-0.1, -0.05) is 6.07 Å². The molecule has 0 bridgehead atoms. The topological polar surface area (TPSA) is 84.9 Å². The normalized spacial score (nSPS) is 17.0. The van der Waals surface area contributed by atoms with E-state index in [2.05, 4.69) is 21.2 Å². The van der Waals surface area contributed by atoms with Gasteiger partial charge in [0.2, 0.25) is 11.0 Å². The Morgan fingerprint density at radius 2 is 2.13 bits per heavy atom. The predicted molar refractivity (Wildman–Crippen MR) is 113 cm³/mol. The van der Waals surface area contributed by atoms with Gasteiger partial charge in [-0.15, -0.1) is 4.37 Å². The highest BCUT2D eigenvalue weighted by Gasteiger charge is 2.29. The van der Waals surface area contributed by atoms with E-state index in [0.29, 0.717) is 23.3 Å². The number of fused-ring (bicyclic) bond motifs is 1. The smallest absolute Gasteiger partial charge is 0.338 e. The summed E-state index contributed by atoms with van der Waals surface area (Å²) in [5.41, 5.74) is 4.15. The molecule has 3 heterocycles. The van der Waals surface area contributed by atoms with Crippen LogP contribution >= 0.6 is 11.5 Å². The standard InChI is InChI=1S/C21H26N4O4S/c1-13-14(4-5-16-17(13)12-29-19(16)27)6-9-25-10-7-15(8-11-25)18(26)24(2)21-22-20(28-3)23-30-21/h4-5,15H,6-12H2,1-3H3. The maximum atomic E-state index is 12.8. The molecule has 1 aromatic carbocycles. The molecule has 1 saturated heterocycles. The third kappa shape index (κ3) is 4.04. The van der Waals surface area contributed by atoms with Crippen LogP contribution in [0.4, 0.5) is 5.13 Å². The Balaban J connectivity index is 1.29. The van der Waals surface area contributed by atoms with Crippen molar-refractivity contribution in [2.75, 3.05) is 38.7 Å². The van der Waals surface area contributed by atoms with E-state index in [-0.39, 0.29) is 17.8 Å². The minimum absolute atomic E-state index is 0.00559. The molecule has 0 spiro atoms. The van der Waals surface area contributed by atoms with Crippen LogP contribution in [0.25, 0.3) is 0 Å². The number of likely N-dealkylation sites (tertiary alicyclic amines) is 1. The molecule has 0 saturated carbocycles. The lowest BCUT2D eigenvalue weighted by molar-refractivity contribution is -0.123. The first-order valence-electron chi connectivity index (χ1n) is 10.1. The number of nitrogens with zero attached hydrogens (tertiary/aromatic N) is 4. The molecule has 1 aromatic heterocycles. The molecule has 0 radical (unpaired) electrons. The largest absolute Gasteiger partial charge is 0.466 e. The summed E-state index contributed by atoms with van der Waals surface area (Å²) in [6.07, 6.45) is 2.60. The van der Waals surface area contributed by atoms with E-state index in [4.69, 9.17) is 9.47 Å². The number of ether oxygens (including phenoxy) is 2. The summed E-state index contributed by atoms with van der Waals surface area (Å²) in [5.74, 6) is -0.123. The first-order chi connectivity index (χ1) is 14.5. The Labute approximate surface area is 180 Å². The van der Waals surface area contributed by atoms with Crippen LogP contribution in [-0.4, -0.2) is 59.9 Å². The van der Waals surface area contributed by atoms with Crippen molar-refractivity contribution in [3.63, 3.8) is 0 Å². The number of piperidine rings is 1. The molecular formula is C21H26N4O4S. The fourth-order valence-corrected chi connectivity index (χ4v) is 4.75. The van der Waals surface area contributed by atoms with E-state index in [1.807, 2.05) is 12.1 Å². The zero-order chi connectivity index (χ0) is 21.3. The van der Waals surface area contributed by atoms with Gasteiger partial charge in [-0.2, -0.15) is 4.98 Å². The van der Waals surface area contributed by atoms with Gasteiger partial charge in [0.05, 0.1) is 12.7 Å². The van der Waals surface area contributed by atoms with Crippen LogP contribution in [0.2, 0.25) is 0 Å². The number of aromatic nitrogens is 2. The van der Waals surface area contributed by atoms with Gasteiger partial charge >= 0.3 is 12.0 Å². The zero-order valence-corrected chi connectivity index (χ0v) is 18.3. The second-order valence-corrected chi connectivity index (χ2v) is 8.51. The number of rotatable bonds is 6. The second kappa shape index (κ2) is 8.69. The molecule has 1 amide bonds. The third-order valence-electron chi connectivity index (χ3n) is 6.11. The summed E-state index contributed by atoms with van der Waals surface area (Å²) in [6.45, 7) is 5.19. The van der Waals surface area contributed by atoms with Crippen LogP contribution < -0.4 is 9.64 Å². The minimum atomic E-state index is -0.219. The van der Waals surface area contributed by atoms with E-state index >= 15 is 0 Å². The van der Waals surface area contributed by atoms with Crippen molar-refractivity contribution < 1.29 is 19.1 Å². The molecule has 0 aliphatic carbocycles. The molecule has 160 valence electrons. The van der Waals surface area contributed by atoms with E-state index in [1.165, 1.54) is 24.2 Å². The van der Waals surface area contributed by atoms with E-state index < -0.39 is 0 Å². The summed E-state index contributed by atoms with van der Waals surface area (Å²) in [4.78, 5) is 32.7. The van der Waals surface area contributed by atoms with Crippen molar-refractivity contribution in [1.29, 1.82) is 0 Å². The fourth-order valence-electron chi connectivity index (χ4n) is 4.14. The number of benzene rings is 1. The molecule has 0 atom stereocenters. The predicted octanol–water partition coefficient (Wildman–Crippen LogP) is 2.44. The highest BCUT2D eigenvalue weighted by atomic mass is 32.1. The maximum absolute atomic E-state index is 12.8. The quantitative estimate of drug-likeness (QED) is 0.651. The van der Waals surface area contributed by atoms with Gasteiger partial charge in [0.1, 0.15) is 6.61 Å². The Morgan fingerprint density at radius 3 is 2.83 bits per heavy atom. The van der Waals surface area contributed by atoms with Crippen molar-refractivity contribution >= 4 is 28.5 Å². The summed E-state index contributed by atoms with van der Waals surface area (Å²) in [7, 11) is 3.26. The number of amides is 1. The lowest BCUT2D eigenvalue weighted by Gasteiger charge is -2.32.